The third-order valence-electron chi connectivity index (χ3n) is 5.93. The zero-order chi connectivity index (χ0) is 23.0. The Hall–Kier alpha value is -3.17. The zero-order valence-electron chi connectivity index (χ0n) is 17.6. The Bertz CT molecular complexity index is 1110. The number of carbonyl (C=O) groups is 1. The lowest BCUT2D eigenvalue weighted by molar-refractivity contribution is -0.137. The maximum atomic E-state index is 14.1. The lowest BCUT2D eigenvalue weighted by Crippen LogP contribution is -2.39. The molecule has 3 heterocycles. The van der Waals surface area contributed by atoms with E-state index in [0.29, 0.717) is 50.7 Å². The molecule has 1 aliphatic heterocycles. The number of nitrogens with zero attached hydrogens (tertiary/aromatic N) is 4. The van der Waals surface area contributed by atoms with Crippen LogP contribution in [0.15, 0.2) is 35.1 Å². The predicted molar refractivity (Wildman–Crippen MR) is 107 cm³/mol. The van der Waals surface area contributed by atoms with Crippen LogP contribution in [-0.4, -0.2) is 38.6 Å². The number of amides is 1. The van der Waals surface area contributed by atoms with Gasteiger partial charge in [0.2, 0.25) is 0 Å². The molecule has 0 unspecified atom stereocenters. The van der Waals surface area contributed by atoms with E-state index in [1.54, 1.807) is 6.20 Å². The summed E-state index contributed by atoms with van der Waals surface area (Å²) in [7, 11) is 0. The fourth-order valence-corrected chi connectivity index (χ4v) is 4.09. The molecular weight excluding hydrogens is 428 g/mol. The van der Waals surface area contributed by atoms with E-state index >= 15 is 0 Å². The van der Waals surface area contributed by atoms with Crippen LogP contribution in [0.3, 0.4) is 0 Å². The summed E-state index contributed by atoms with van der Waals surface area (Å²) in [5.74, 6) is -0.0138. The molecule has 1 aliphatic rings. The minimum atomic E-state index is -4.64. The number of carbonyl (C=O) groups excluding carboxylic acids is 1. The molecule has 0 bridgehead atoms. The van der Waals surface area contributed by atoms with E-state index in [4.69, 9.17) is 4.52 Å². The van der Waals surface area contributed by atoms with E-state index < -0.39 is 29.0 Å². The molecule has 10 heteroatoms. The van der Waals surface area contributed by atoms with Gasteiger partial charge in [0.1, 0.15) is 17.4 Å². The van der Waals surface area contributed by atoms with E-state index in [2.05, 4.69) is 10.1 Å². The van der Waals surface area contributed by atoms with Crippen molar-refractivity contribution < 1.29 is 26.9 Å². The Kier molecular flexibility index (Phi) is 5.79. The van der Waals surface area contributed by atoms with Gasteiger partial charge in [-0.2, -0.15) is 13.2 Å². The first kappa shape index (κ1) is 22.0. The molecule has 1 fully saturated rings. The topological polar surface area (TPSA) is 64.2 Å². The predicted octanol–water partition coefficient (Wildman–Crippen LogP) is 4.71. The summed E-state index contributed by atoms with van der Waals surface area (Å²) in [5, 5.41) is 3.97. The van der Waals surface area contributed by atoms with Crippen LogP contribution in [0, 0.1) is 19.7 Å². The third kappa shape index (κ3) is 4.26. The highest BCUT2D eigenvalue weighted by Crippen LogP contribution is 2.32. The molecule has 0 aliphatic carbocycles. The summed E-state index contributed by atoms with van der Waals surface area (Å²) in [5.41, 5.74) is 0.194. The van der Waals surface area contributed by atoms with Gasteiger partial charge in [0.15, 0.2) is 0 Å². The van der Waals surface area contributed by atoms with Gasteiger partial charge in [-0.3, -0.25) is 4.79 Å². The van der Waals surface area contributed by atoms with Gasteiger partial charge >= 0.3 is 6.18 Å². The number of aromatic nitrogens is 3. The molecule has 0 saturated carbocycles. The number of benzene rings is 1. The van der Waals surface area contributed by atoms with E-state index in [9.17, 15) is 22.4 Å². The maximum Gasteiger partial charge on any atom is 0.416 e. The van der Waals surface area contributed by atoms with Crippen molar-refractivity contribution in [1.82, 2.24) is 19.6 Å². The van der Waals surface area contributed by atoms with Gasteiger partial charge < -0.3 is 14.0 Å². The van der Waals surface area contributed by atoms with E-state index in [1.807, 2.05) is 24.6 Å². The fraction of sp³-hybridized carbons (Fsp3) is 0.409. The Labute approximate surface area is 181 Å². The van der Waals surface area contributed by atoms with Gasteiger partial charge in [0.05, 0.1) is 23.4 Å². The van der Waals surface area contributed by atoms with Gasteiger partial charge in [-0.25, -0.2) is 9.37 Å². The van der Waals surface area contributed by atoms with Crippen molar-refractivity contribution in [2.24, 2.45) is 0 Å². The number of rotatable bonds is 4. The lowest BCUT2D eigenvalue weighted by Gasteiger charge is -2.32. The monoisotopic (exact) mass is 450 g/mol. The Balaban J connectivity index is 1.46. The molecule has 32 heavy (non-hydrogen) atoms. The normalized spacial score (nSPS) is 15.4. The molecule has 170 valence electrons. The first-order chi connectivity index (χ1) is 15.1. The van der Waals surface area contributed by atoms with Crippen LogP contribution in [0.25, 0.3) is 0 Å². The van der Waals surface area contributed by atoms with Crippen LogP contribution >= 0.6 is 0 Å². The molecule has 0 radical (unpaired) electrons. The number of hydrogen-bond acceptors (Lipinski definition) is 4. The minimum absolute atomic E-state index is 0.0703. The second-order valence-electron chi connectivity index (χ2n) is 7.97. The van der Waals surface area contributed by atoms with Crippen LogP contribution in [0.1, 0.15) is 57.5 Å². The van der Waals surface area contributed by atoms with Crippen molar-refractivity contribution >= 4 is 5.91 Å². The lowest BCUT2D eigenvalue weighted by atomic mass is 9.95. The van der Waals surface area contributed by atoms with Gasteiger partial charge in [-0.1, -0.05) is 5.16 Å². The highest BCUT2D eigenvalue weighted by Gasteiger charge is 2.33. The second-order valence-corrected chi connectivity index (χ2v) is 7.97. The van der Waals surface area contributed by atoms with Gasteiger partial charge in [-0.15, -0.1) is 0 Å². The SMILES string of the molecule is Cc1noc(C)c1Cn1ccnc1C1CCN(C(=O)c2cc(C(F)(F)F)ccc2F)CC1. The molecule has 1 saturated heterocycles. The summed E-state index contributed by atoms with van der Waals surface area (Å²) >= 11 is 0. The molecule has 2 aromatic heterocycles. The molecule has 1 aromatic carbocycles. The Morgan fingerprint density at radius 3 is 2.56 bits per heavy atom. The summed E-state index contributed by atoms with van der Waals surface area (Å²) in [6.07, 6.45) is 0.0870. The second kappa shape index (κ2) is 8.40. The Morgan fingerprint density at radius 1 is 1.22 bits per heavy atom. The first-order valence-electron chi connectivity index (χ1n) is 10.2. The van der Waals surface area contributed by atoms with Crippen molar-refractivity contribution in [3.63, 3.8) is 0 Å². The number of likely N-dealkylation sites (tertiary alicyclic amines) is 1. The average Bonchev–Trinajstić information content (AvgIpc) is 3.35. The van der Waals surface area contributed by atoms with Gasteiger partial charge in [-0.05, 0) is 44.9 Å². The molecule has 1 amide bonds. The zero-order valence-corrected chi connectivity index (χ0v) is 17.6. The first-order valence-corrected chi connectivity index (χ1v) is 10.2. The smallest absolute Gasteiger partial charge is 0.361 e. The van der Waals surface area contributed by atoms with Crippen molar-refractivity contribution in [2.75, 3.05) is 13.1 Å². The standard InChI is InChI=1S/C22H22F4N4O2/c1-13-18(14(2)32-28-13)12-30-10-7-27-20(30)15-5-8-29(9-6-15)21(31)17-11-16(22(24,25)26)3-4-19(17)23/h3-4,7,10-11,15H,5-6,8-9,12H2,1-2H3. The Morgan fingerprint density at radius 2 is 1.94 bits per heavy atom. The van der Waals surface area contributed by atoms with Gasteiger partial charge in [0.25, 0.3) is 5.91 Å². The number of imidazole rings is 1. The summed E-state index contributed by atoms with van der Waals surface area (Å²) in [4.78, 5) is 18.6. The molecule has 0 spiro atoms. The molecular formula is C22H22F4N4O2. The van der Waals surface area contributed by atoms with Crippen LogP contribution in [0.4, 0.5) is 17.6 Å². The van der Waals surface area contributed by atoms with Gasteiger partial charge in [0, 0.05) is 37.0 Å². The van der Waals surface area contributed by atoms with Crippen molar-refractivity contribution in [1.29, 1.82) is 0 Å². The van der Waals surface area contributed by atoms with E-state index in [-0.39, 0.29) is 5.92 Å². The highest BCUT2D eigenvalue weighted by molar-refractivity contribution is 5.94. The van der Waals surface area contributed by atoms with Crippen LogP contribution in [0.2, 0.25) is 0 Å². The van der Waals surface area contributed by atoms with E-state index in [0.717, 1.165) is 22.8 Å². The largest absolute Gasteiger partial charge is 0.416 e. The molecule has 0 atom stereocenters. The number of aryl methyl sites for hydroxylation is 2. The maximum absolute atomic E-state index is 14.1. The number of hydrogen-bond donors (Lipinski definition) is 0. The van der Waals surface area contributed by atoms with Crippen molar-refractivity contribution in [3.05, 3.63) is 70.4 Å². The minimum Gasteiger partial charge on any atom is -0.361 e. The van der Waals surface area contributed by atoms with Crippen LogP contribution in [0.5, 0.6) is 0 Å². The molecule has 6 nitrogen and oxygen atoms in total. The highest BCUT2D eigenvalue weighted by atomic mass is 19.4. The number of alkyl halides is 3. The van der Waals surface area contributed by atoms with Crippen molar-refractivity contribution in [3.8, 4) is 0 Å². The van der Waals surface area contributed by atoms with Crippen molar-refractivity contribution in [2.45, 2.75) is 45.3 Å². The molecule has 0 N–H and O–H groups in total. The number of halogens is 4. The van der Waals surface area contributed by atoms with Crippen LogP contribution in [-0.2, 0) is 12.7 Å². The fourth-order valence-electron chi connectivity index (χ4n) is 4.09. The molecule has 3 aromatic rings. The van der Waals surface area contributed by atoms with E-state index in [1.165, 1.54) is 4.90 Å². The summed E-state index contributed by atoms with van der Waals surface area (Å²) in [6.45, 7) is 4.89. The summed E-state index contributed by atoms with van der Waals surface area (Å²) in [6, 6.07) is 1.91. The summed E-state index contributed by atoms with van der Waals surface area (Å²) < 4.78 is 60.3. The molecule has 4 rings (SSSR count). The third-order valence-corrected chi connectivity index (χ3v) is 5.93. The average molecular weight is 450 g/mol. The quantitative estimate of drug-likeness (QED) is 0.540. The number of piperidine rings is 1. The van der Waals surface area contributed by atoms with Crippen LogP contribution < -0.4 is 0 Å².